The van der Waals surface area contributed by atoms with Crippen molar-refractivity contribution in [2.45, 2.75) is 10.8 Å². The van der Waals surface area contributed by atoms with Crippen LogP contribution in [-0.4, -0.2) is 21.2 Å². The predicted molar refractivity (Wildman–Crippen MR) is 75.6 cm³/mol. The lowest BCUT2D eigenvalue weighted by atomic mass is 10.2. The quantitative estimate of drug-likeness (QED) is 0.298. The average molecular weight is 295 g/mol. The van der Waals surface area contributed by atoms with Crippen molar-refractivity contribution in [2.24, 2.45) is 10.9 Å². The summed E-state index contributed by atoms with van der Waals surface area (Å²) in [6, 6.07) is 9.20. The molecule has 19 heavy (non-hydrogen) atoms. The third kappa shape index (κ3) is 3.59. The van der Waals surface area contributed by atoms with Crippen LogP contribution in [0.3, 0.4) is 0 Å². The maximum Gasteiger partial charge on any atom is 0.172 e. The second-order valence-electron chi connectivity index (χ2n) is 3.65. The summed E-state index contributed by atoms with van der Waals surface area (Å²) in [6.45, 7) is 0. The van der Waals surface area contributed by atoms with Crippen LogP contribution in [0.25, 0.3) is 0 Å². The van der Waals surface area contributed by atoms with Gasteiger partial charge < -0.3 is 10.9 Å². The van der Waals surface area contributed by atoms with Crippen LogP contribution in [0.4, 0.5) is 0 Å². The normalized spacial score (nSPS) is 11.5. The first-order chi connectivity index (χ1) is 9.20. The number of rotatable bonds is 4. The fraction of sp³-hybridized carbons (Fsp3) is 0.0833. The van der Waals surface area contributed by atoms with E-state index in [4.69, 9.17) is 22.5 Å². The number of hydrogen-bond acceptors (Lipinski definition) is 5. The molecule has 0 radical (unpaired) electrons. The van der Waals surface area contributed by atoms with Crippen molar-refractivity contribution in [3.8, 4) is 0 Å². The minimum absolute atomic E-state index is 0.0218. The molecule has 1 aromatic heterocycles. The molecule has 0 fully saturated rings. The first-order valence-corrected chi connectivity index (χ1v) is 6.74. The van der Waals surface area contributed by atoms with Crippen molar-refractivity contribution in [2.75, 3.05) is 0 Å². The van der Waals surface area contributed by atoms with E-state index in [1.54, 1.807) is 6.07 Å². The second-order valence-corrected chi connectivity index (χ2v) is 5.05. The number of nitrogens with two attached hydrogens (primary N) is 1. The van der Waals surface area contributed by atoms with Crippen LogP contribution in [-0.2, 0) is 5.75 Å². The van der Waals surface area contributed by atoms with Crippen LogP contribution >= 0.6 is 23.4 Å². The van der Waals surface area contributed by atoms with E-state index in [0.29, 0.717) is 21.4 Å². The topological polar surface area (TPSA) is 84.4 Å². The van der Waals surface area contributed by atoms with Gasteiger partial charge in [-0.2, -0.15) is 5.10 Å². The molecule has 0 unspecified atom stereocenters. The Balaban J connectivity index is 2.13. The summed E-state index contributed by atoms with van der Waals surface area (Å²) in [6.07, 6.45) is 1.50. The predicted octanol–water partition coefficient (Wildman–Crippen LogP) is 2.52. The van der Waals surface area contributed by atoms with Gasteiger partial charge in [-0.15, -0.1) is 5.10 Å². The average Bonchev–Trinajstić information content (AvgIpc) is 2.46. The molecule has 0 saturated carbocycles. The van der Waals surface area contributed by atoms with Gasteiger partial charge in [-0.3, -0.25) is 0 Å². The van der Waals surface area contributed by atoms with Crippen LogP contribution in [0.1, 0.15) is 11.1 Å². The van der Waals surface area contributed by atoms with Gasteiger partial charge in [0.05, 0.1) is 11.8 Å². The molecule has 3 N–H and O–H groups in total. The third-order valence-electron chi connectivity index (χ3n) is 2.36. The largest absolute Gasteiger partial charge is 0.409 e. The molecule has 0 aliphatic carbocycles. The van der Waals surface area contributed by atoms with Crippen LogP contribution in [0.15, 0.2) is 46.7 Å². The summed E-state index contributed by atoms with van der Waals surface area (Å²) in [5.41, 5.74) is 7.25. The van der Waals surface area contributed by atoms with Crippen LogP contribution in [0.5, 0.6) is 0 Å². The summed E-state index contributed by atoms with van der Waals surface area (Å²) in [4.78, 5) is 0. The van der Waals surface area contributed by atoms with E-state index in [1.165, 1.54) is 18.0 Å². The molecular weight excluding hydrogens is 284 g/mol. The fourth-order valence-electron chi connectivity index (χ4n) is 1.41. The van der Waals surface area contributed by atoms with E-state index in [2.05, 4.69) is 15.4 Å². The fourth-order valence-corrected chi connectivity index (χ4v) is 2.46. The number of oxime groups is 1. The molecule has 0 aliphatic heterocycles. The van der Waals surface area contributed by atoms with E-state index in [9.17, 15) is 0 Å². The Morgan fingerprint density at radius 1 is 1.32 bits per heavy atom. The van der Waals surface area contributed by atoms with Crippen LogP contribution in [0.2, 0.25) is 5.02 Å². The highest BCUT2D eigenvalue weighted by Crippen LogP contribution is 2.24. The standard InChI is InChI=1S/C12H11ClN4OS/c13-9-3-1-8(2-4-9)7-19-12-10(11(14)17-18)5-6-15-16-12/h1-6,18H,7H2,(H2,14,17). The Morgan fingerprint density at radius 3 is 2.74 bits per heavy atom. The highest BCUT2D eigenvalue weighted by atomic mass is 35.5. The zero-order valence-corrected chi connectivity index (χ0v) is 11.4. The van der Waals surface area contributed by atoms with Crippen LogP contribution in [0, 0.1) is 0 Å². The summed E-state index contributed by atoms with van der Waals surface area (Å²) < 4.78 is 0. The van der Waals surface area contributed by atoms with E-state index < -0.39 is 0 Å². The van der Waals surface area contributed by atoms with Gasteiger partial charge in [0, 0.05) is 10.8 Å². The second kappa shape index (κ2) is 6.40. The molecule has 0 atom stereocenters. The van der Waals surface area contributed by atoms with E-state index >= 15 is 0 Å². The van der Waals surface area contributed by atoms with Crippen LogP contribution < -0.4 is 5.73 Å². The Bertz CT molecular complexity index is 589. The molecule has 2 aromatic rings. The molecule has 0 saturated heterocycles. The molecule has 0 spiro atoms. The molecule has 1 aromatic carbocycles. The Hall–Kier alpha value is -1.79. The zero-order chi connectivity index (χ0) is 13.7. The van der Waals surface area contributed by atoms with Gasteiger partial charge in [-0.25, -0.2) is 0 Å². The molecule has 98 valence electrons. The minimum atomic E-state index is 0.0218. The number of thioether (sulfide) groups is 1. The highest BCUT2D eigenvalue weighted by Gasteiger charge is 2.09. The summed E-state index contributed by atoms with van der Waals surface area (Å²) in [7, 11) is 0. The van der Waals surface area contributed by atoms with Crippen molar-refractivity contribution in [1.82, 2.24) is 10.2 Å². The summed E-state index contributed by atoms with van der Waals surface area (Å²) >= 11 is 7.29. The Kier molecular flexibility index (Phi) is 4.59. The van der Waals surface area contributed by atoms with E-state index in [1.807, 2.05) is 24.3 Å². The number of amidine groups is 1. The molecule has 7 heteroatoms. The number of aromatic nitrogens is 2. The van der Waals surface area contributed by atoms with Gasteiger partial charge in [-0.1, -0.05) is 40.7 Å². The monoisotopic (exact) mass is 294 g/mol. The number of hydrogen-bond donors (Lipinski definition) is 2. The van der Waals surface area contributed by atoms with Gasteiger partial charge in [0.15, 0.2) is 5.84 Å². The SMILES string of the molecule is N/C(=N/O)c1ccnnc1SCc1ccc(Cl)cc1. The molecule has 1 heterocycles. The lowest BCUT2D eigenvalue weighted by Crippen LogP contribution is -2.15. The molecular formula is C12H11ClN4OS. The van der Waals surface area contributed by atoms with Crippen molar-refractivity contribution < 1.29 is 5.21 Å². The van der Waals surface area contributed by atoms with E-state index in [0.717, 1.165) is 5.56 Å². The minimum Gasteiger partial charge on any atom is -0.409 e. The summed E-state index contributed by atoms with van der Waals surface area (Å²) in [5, 5.41) is 20.8. The van der Waals surface area contributed by atoms with Crippen molar-refractivity contribution in [1.29, 1.82) is 0 Å². The van der Waals surface area contributed by atoms with Crippen molar-refractivity contribution in [3.63, 3.8) is 0 Å². The maximum atomic E-state index is 8.72. The number of halogens is 1. The smallest absolute Gasteiger partial charge is 0.172 e. The molecule has 0 aliphatic rings. The van der Waals surface area contributed by atoms with Gasteiger partial charge in [0.25, 0.3) is 0 Å². The van der Waals surface area contributed by atoms with Gasteiger partial charge in [-0.05, 0) is 23.8 Å². The lowest BCUT2D eigenvalue weighted by Gasteiger charge is -2.05. The molecule has 0 bridgehead atoms. The Morgan fingerprint density at radius 2 is 2.05 bits per heavy atom. The highest BCUT2D eigenvalue weighted by molar-refractivity contribution is 7.98. The maximum absolute atomic E-state index is 8.72. The van der Waals surface area contributed by atoms with Crippen molar-refractivity contribution >= 4 is 29.2 Å². The van der Waals surface area contributed by atoms with Gasteiger partial charge >= 0.3 is 0 Å². The number of nitrogens with zero attached hydrogens (tertiary/aromatic N) is 3. The third-order valence-corrected chi connectivity index (χ3v) is 3.66. The Labute approximate surface area is 119 Å². The number of benzene rings is 1. The van der Waals surface area contributed by atoms with Gasteiger partial charge in [0.1, 0.15) is 5.03 Å². The lowest BCUT2D eigenvalue weighted by molar-refractivity contribution is 0.318. The zero-order valence-electron chi connectivity index (χ0n) is 9.82. The summed E-state index contributed by atoms with van der Waals surface area (Å²) in [5.74, 6) is 0.718. The molecule has 2 rings (SSSR count). The first-order valence-electron chi connectivity index (χ1n) is 5.37. The molecule has 5 nitrogen and oxygen atoms in total. The van der Waals surface area contributed by atoms with Gasteiger partial charge in [0.2, 0.25) is 0 Å². The van der Waals surface area contributed by atoms with E-state index in [-0.39, 0.29) is 5.84 Å². The van der Waals surface area contributed by atoms with Crippen molar-refractivity contribution in [3.05, 3.63) is 52.7 Å². The molecule has 0 amide bonds. The first kappa shape index (κ1) is 13.6.